The van der Waals surface area contributed by atoms with Gasteiger partial charge in [-0.1, -0.05) is 0 Å². The monoisotopic (exact) mass is 116 g/mol. The molecular weight excluding hydrogens is 112 g/mol. The van der Waals surface area contributed by atoms with Gasteiger partial charge in [-0.25, -0.2) is 0 Å². The van der Waals surface area contributed by atoms with Gasteiger partial charge in [0.1, 0.15) is 0 Å². The predicted molar refractivity (Wildman–Crippen MR) is 25.4 cm³/mol. The third-order valence-corrected chi connectivity index (χ3v) is 0.702. The van der Waals surface area contributed by atoms with Crippen LogP contribution < -0.4 is 11.3 Å². The summed E-state index contributed by atoms with van der Waals surface area (Å²) in [5.41, 5.74) is 4.19. The van der Waals surface area contributed by atoms with Crippen molar-refractivity contribution in [3.05, 3.63) is 10.4 Å². The zero-order valence-electron chi connectivity index (χ0n) is 3.84. The summed E-state index contributed by atoms with van der Waals surface area (Å²) in [6.45, 7) is 0. The van der Waals surface area contributed by atoms with Gasteiger partial charge in [-0.15, -0.1) is 0 Å². The molecule has 1 rings (SSSR count). The Labute approximate surface area is 43.7 Å². The molecule has 44 valence electrons. The normalized spacial score (nSPS) is 9.50. The Morgan fingerprint density at radius 3 is 2.50 bits per heavy atom. The topological polar surface area (TPSA) is 92.2 Å². The molecule has 0 saturated carbocycles. The maximum atomic E-state index is 10.2. The second kappa shape index (κ2) is 1.29. The zero-order chi connectivity index (χ0) is 6.15. The molecule has 0 aliphatic rings. The van der Waals surface area contributed by atoms with E-state index in [0.29, 0.717) is 0 Å². The van der Waals surface area contributed by atoms with E-state index in [9.17, 15) is 4.79 Å². The van der Waals surface area contributed by atoms with Gasteiger partial charge in [0.15, 0.2) is 0 Å². The predicted octanol–water partition coefficient (Wildman–Crippen LogP) is -0.744. The van der Waals surface area contributed by atoms with Crippen molar-refractivity contribution in [2.45, 2.75) is 0 Å². The molecule has 0 radical (unpaired) electrons. The van der Waals surface area contributed by atoms with Crippen molar-refractivity contribution < 1.29 is 9.63 Å². The van der Waals surface area contributed by atoms with Gasteiger partial charge >= 0.3 is 5.56 Å². The quantitative estimate of drug-likeness (QED) is 0.416. The molecule has 0 amide bonds. The summed E-state index contributed by atoms with van der Waals surface area (Å²) in [6, 6.07) is 0. The smallest absolute Gasteiger partial charge is 0.324 e. The van der Waals surface area contributed by atoms with Crippen molar-refractivity contribution in [2.24, 2.45) is 0 Å². The average Bonchev–Trinajstić information content (AvgIpc) is 1.98. The maximum Gasteiger partial charge on any atom is 0.324 e. The lowest BCUT2D eigenvalue weighted by molar-refractivity contribution is 0.424. The number of nitrogen functional groups attached to an aromatic ring is 1. The highest BCUT2D eigenvalue weighted by Gasteiger charge is 2.03. The number of aromatic hydroxyl groups is 1. The molecule has 1 aromatic heterocycles. The third kappa shape index (κ3) is 0.446. The molecular formula is C3H4N2O3. The Bertz CT molecular complexity index is 235. The second-order valence-electron chi connectivity index (χ2n) is 1.25. The molecule has 5 nitrogen and oxygen atoms in total. The van der Waals surface area contributed by atoms with E-state index in [1.165, 1.54) is 0 Å². The average molecular weight is 116 g/mol. The first-order chi connectivity index (χ1) is 3.72. The number of aromatic nitrogens is 1. The summed E-state index contributed by atoms with van der Waals surface area (Å²) in [4.78, 5) is 10.2. The zero-order valence-corrected chi connectivity index (χ0v) is 3.84. The molecule has 0 aliphatic heterocycles. The van der Waals surface area contributed by atoms with E-state index in [0.717, 1.165) is 0 Å². The number of anilines is 1. The molecule has 0 atom stereocenters. The van der Waals surface area contributed by atoms with Crippen LogP contribution in [0.3, 0.4) is 0 Å². The van der Waals surface area contributed by atoms with Gasteiger partial charge in [0.05, 0.1) is 0 Å². The SMILES string of the molecule is Nc1o[nH]c(=O)c1O. The van der Waals surface area contributed by atoms with Crippen LogP contribution in [-0.2, 0) is 0 Å². The van der Waals surface area contributed by atoms with Crippen LogP contribution in [0.25, 0.3) is 0 Å². The first-order valence-corrected chi connectivity index (χ1v) is 1.87. The standard InChI is InChI=1S/C3H4N2O3/c4-2-1(6)3(7)5-8-2/h6H,4H2,(H,5,7). The van der Waals surface area contributed by atoms with Crippen LogP contribution in [0.15, 0.2) is 9.32 Å². The number of H-pyrrole nitrogens is 1. The number of nitrogens with two attached hydrogens (primary N) is 1. The summed E-state index contributed by atoms with van der Waals surface area (Å²) in [5.74, 6) is -0.847. The van der Waals surface area contributed by atoms with Crippen molar-refractivity contribution in [1.29, 1.82) is 0 Å². The van der Waals surface area contributed by atoms with Crippen molar-refractivity contribution in [2.75, 3.05) is 5.73 Å². The number of rotatable bonds is 0. The molecule has 0 fully saturated rings. The van der Waals surface area contributed by atoms with E-state index < -0.39 is 11.3 Å². The van der Waals surface area contributed by atoms with Gasteiger partial charge in [-0.05, 0) is 0 Å². The van der Waals surface area contributed by atoms with E-state index >= 15 is 0 Å². The number of nitrogens with one attached hydrogen (secondary N) is 1. The van der Waals surface area contributed by atoms with Crippen LogP contribution in [0, 0.1) is 0 Å². The van der Waals surface area contributed by atoms with E-state index in [1.807, 2.05) is 5.16 Å². The Hall–Kier alpha value is -1.39. The molecule has 0 spiro atoms. The van der Waals surface area contributed by atoms with Gasteiger partial charge < -0.3 is 15.4 Å². The van der Waals surface area contributed by atoms with Gasteiger partial charge in [0.2, 0.25) is 5.75 Å². The summed E-state index contributed by atoms with van der Waals surface area (Å²) < 4.78 is 4.19. The highest BCUT2D eigenvalue weighted by molar-refractivity contribution is 5.38. The number of hydrogen-bond acceptors (Lipinski definition) is 4. The van der Waals surface area contributed by atoms with Crippen LogP contribution in [0.5, 0.6) is 5.75 Å². The second-order valence-corrected chi connectivity index (χ2v) is 1.25. The fraction of sp³-hybridized carbons (Fsp3) is 0. The lowest BCUT2D eigenvalue weighted by atomic mass is 10.6. The highest BCUT2D eigenvalue weighted by Crippen LogP contribution is 2.09. The van der Waals surface area contributed by atoms with E-state index in [4.69, 9.17) is 10.8 Å². The van der Waals surface area contributed by atoms with Gasteiger partial charge in [-0.2, -0.15) is 5.16 Å². The van der Waals surface area contributed by atoms with Gasteiger partial charge in [0.25, 0.3) is 5.88 Å². The van der Waals surface area contributed by atoms with Crippen LogP contribution >= 0.6 is 0 Å². The summed E-state index contributed by atoms with van der Waals surface area (Å²) in [5, 5.41) is 10.3. The third-order valence-electron chi connectivity index (χ3n) is 0.702. The lowest BCUT2D eigenvalue weighted by Gasteiger charge is -1.75. The molecule has 5 heteroatoms. The van der Waals surface area contributed by atoms with Crippen LogP contribution in [0.4, 0.5) is 5.88 Å². The minimum Gasteiger partial charge on any atom is -0.499 e. The number of hydrogen-bond donors (Lipinski definition) is 3. The van der Waals surface area contributed by atoms with Crippen molar-refractivity contribution in [1.82, 2.24) is 5.16 Å². The minimum absolute atomic E-state index is 0.282. The Balaban J connectivity index is 3.41. The minimum atomic E-state index is -0.706. The van der Waals surface area contributed by atoms with Crippen LogP contribution in [0.1, 0.15) is 0 Å². The van der Waals surface area contributed by atoms with E-state index in [2.05, 4.69) is 4.52 Å². The summed E-state index contributed by atoms with van der Waals surface area (Å²) in [6.07, 6.45) is 0. The maximum absolute atomic E-state index is 10.2. The van der Waals surface area contributed by atoms with Crippen molar-refractivity contribution >= 4 is 5.88 Å². The largest absolute Gasteiger partial charge is 0.499 e. The molecule has 0 aliphatic carbocycles. The fourth-order valence-electron chi connectivity index (χ4n) is 0.310. The van der Waals surface area contributed by atoms with Crippen LogP contribution in [0.2, 0.25) is 0 Å². The van der Waals surface area contributed by atoms with Gasteiger partial charge in [0, 0.05) is 0 Å². The molecule has 4 N–H and O–H groups in total. The van der Waals surface area contributed by atoms with E-state index in [1.54, 1.807) is 0 Å². The molecule has 1 heterocycles. The highest BCUT2D eigenvalue weighted by atomic mass is 16.5. The molecule has 0 unspecified atom stereocenters. The molecule has 0 saturated heterocycles. The molecule has 8 heavy (non-hydrogen) atoms. The fourth-order valence-corrected chi connectivity index (χ4v) is 0.310. The Kier molecular flexibility index (Phi) is 0.768. The molecule has 1 aromatic rings. The lowest BCUT2D eigenvalue weighted by Crippen LogP contribution is -1.95. The summed E-state index contributed by atoms with van der Waals surface area (Å²) in [7, 11) is 0. The number of aromatic amines is 1. The van der Waals surface area contributed by atoms with Crippen molar-refractivity contribution in [3.63, 3.8) is 0 Å². The molecule has 0 aromatic carbocycles. The Morgan fingerprint density at radius 1 is 1.75 bits per heavy atom. The van der Waals surface area contributed by atoms with Crippen LogP contribution in [-0.4, -0.2) is 10.3 Å². The Morgan fingerprint density at radius 2 is 2.38 bits per heavy atom. The van der Waals surface area contributed by atoms with E-state index in [-0.39, 0.29) is 5.88 Å². The first kappa shape index (κ1) is 4.76. The van der Waals surface area contributed by atoms with Gasteiger partial charge in [-0.3, -0.25) is 4.79 Å². The van der Waals surface area contributed by atoms with Crippen molar-refractivity contribution in [3.8, 4) is 5.75 Å². The first-order valence-electron chi connectivity index (χ1n) is 1.87. The summed E-state index contributed by atoms with van der Waals surface area (Å²) >= 11 is 0. The molecule has 0 bridgehead atoms.